The van der Waals surface area contributed by atoms with Crippen LogP contribution in [0.4, 0.5) is 0 Å². The summed E-state index contributed by atoms with van der Waals surface area (Å²) in [5.41, 5.74) is -0.251. The number of carbonyl (C=O) groups excluding carboxylic acids is 1. The number of carboxylic acid groups (broad SMARTS) is 1. The fourth-order valence-electron chi connectivity index (χ4n) is 8.07. The number of Topliss-reactive ketones (excluding diaryl/α,β-unsaturated/α-hetero) is 1. The van der Waals surface area contributed by atoms with E-state index in [1.165, 1.54) is 5.57 Å². The maximum absolute atomic E-state index is 12.9. The van der Waals surface area contributed by atoms with Gasteiger partial charge in [-0.05, 0) is 60.7 Å². The maximum atomic E-state index is 12.9. The van der Waals surface area contributed by atoms with E-state index in [-0.39, 0.29) is 36.1 Å². The molecule has 26 heavy (non-hydrogen) atoms. The molecule has 5 nitrogen and oxygen atoms in total. The highest BCUT2D eigenvalue weighted by molar-refractivity contribution is 6.00. The monoisotopic (exact) mass is 362 g/mol. The fourth-order valence-corrected chi connectivity index (χ4v) is 8.07. The third kappa shape index (κ3) is 2.04. The lowest BCUT2D eigenvalue weighted by molar-refractivity contribution is -0.209. The smallest absolute Gasteiger partial charge is 0.314 e. The lowest BCUT2D eigenvalue weighted by atomic mass is 9.39. The van der Waals surface area contributed by atoms with Gasteiger partial charge in [-0.1, -0.05) is 26.0 Å². The molecule has 4 aliphatic rings. The first-order valence-corrected chi connectivity index (χ1v) is 9.81. The Balaban J connectivity index is 1.82. The van der Waals surface area contributed by atoms with Crippen LogP contribution in [0.5, 0.6) is 0 Å². The number of aliphatic hydroxyl groups is 2. The van der Waals surface area contributed by atoms with Gasteiger partial charge in [-0.2, -0.15) is 0 Å². The molecule has 0 amide bonds. The first kappa shape index (κ1) is 18.2. The van der Waals surface area contributed by atoms with E-state index in [0.717, 1.165) is 25.7 Å². The van der Waals surface area contributed by atoms with Crippen LogP contribution in [0.3, 0.4) is 0 Å². The van der Waals surface area contributed by atoms with Crippen molar-refractivity contribution in [3.8, 4) is 0 Å². The average Bonchev–Trinajstić information content (AvgIpc) is 2.75. The molecule has 4 rings (SSSR count). The van der Waals surface area contributed by atoms with Crippen molar-refractivity contribution in [2.75, 3.05) is 6.61 Å². The number of carbonyl (C=O) groups is 2. The van der Waals surface area contributed by atoms with Gasteiger partial charge in [0, 0.05) is 18.4 Å². The number of carboxylic acids is 1. The van der Waals surface area contributed by atoms with Crippen LogP contribution in [0.1, 0.15) is 52.4 Å². The van der Waals surface area contributed by atoms with Gasteiger partial charge in [-0.15, -0.1) is 0 Å². The number of hydrogen-bond acceptors (Lipinski definition) is 4. The van der Waals surface area contributed by atoms with Crippen LogP contribution in [-0.2, 0) is 9.59 Å². The van der Waals surface area contributed by atoms with Gasteiger partial charge >= 0.3 is 5.97 Å². The van der Waals surface area contributed by atoms with E-state index in [1.807, 2.05) is 0 Å². The SMILES string of the molecule is C=C1C[C@]23CC[C@H]4C(C)(CO)C(C(=O)O)C(=O)C[C@]4(C)[C@H]2C(O)C[C@@H]1C3. The summed E-state index contributed by atoms with van der Waals surface area (Å²) in [5.74, 6) is -2.34. The summed E-state index contributed by atoms with van der Waals surface area (Å²) in [6.45, 7) is 7.75. The van der Waals surface area contributed by atoms with E-state index in [2.05, 4.69) is 13.5 Å². The van der Waals surface area contributed by atoms with E-state index in [9.17, 15) is 24.9 Å². The van der Waals surface area contributed by atoms with Crippen molar-refractivity contribution < 1.29 is 24.9 Å². The number of hydrogen-bond donors (Lipinski definition) is 3. The summed E-state index contributed by atoms with van der Waals surface area (Å²) in [5, 5.41) is 30.9. The summed E-state index contributed by atoms with van der Waals surface area (Å²) < 4.78 is 0. The molecule has 3 N–H and O–H groups in total. The largest absolute Gasteiger partial charge is 0.481 e. The zero-order valence-corrected chi connectivity index (χ0v) is 15.7. The van der Waals surface area contributed by atoms with Gasteiger partial charge in [-0.25, -0.2) is 0 Å². The minimum Gasteiger partial charge on any atom is -0.481 e. The molecule has 4 saturated carbocycles. The average molecular weight is 362 g/mol. The maximum Gasteiger partial charge on any atom is 0.314 e. The molecular weight excluding hydrogens is 332 g/mol. The number of fused-ring (bicyclic) bond motifs is 3. The molecule has 5 heteroatoms. The quantitative estimate of drug-likeness (QED) is 0.518. The van der Waals surface area contributed by atoms with Gasteiger partial charge in [-0.3, -0.25) is 9.59 Å². The van der Waals surface area contributed by atoms with Crippen LogP contribution >= 0.6 is 0 Å². The van der Waals surface area contributed by atoms with Gasteiger partial charge in [0.1, 0.15) is 11.7 Å². The Morgan fingerprint density at radius 3 is 2.62 bits per heavy atom. The second-order valence-corrected chi connectivity index (χ2v) is 10.1. The molecule has 0 saturated heterocycles. The van der Waals surface area contributed by atoms with E-state index in [1.54, 1.807) is 6.92 Å². The molecule has 4 fully saturated rings. The number of aliphatic hydroxyl groups excluding tert-OH is 2. The Labute approximate surface area is 154 Å². The normalized spacial score (nSPS) is 53.2. The van der Waals surface area contributed by atoms with E-state index >= 15 is 0 Å². The van der Waals surface area contributed by atoms with E-state index in [4.69, 9.17) is 0 Å². The zero-order chi connectivity index (χ0) is 19.1. The number of ketones is 1. The molecule has 4 aliphatic carbocycles. The highest BCUT2D eigenvalue weighted by Crippen LogP contribution is 2.72. The molecule has 3 unspecified atom stereocenters. The first-order chi connectivity index (χ1) is 12.1. The summed E-state index contributed by atoms with van der Waals surface area (Å²) in [4.78, 5) is 24.8. The molecule has 0 radical (unpaired) electrons. The Hall–Kier alpha value is -1.20. The van der Waals surface area contributed by atoms with Crippen LogP contribution in [0.15, 0.2) is 12.2 Å². The van der Waals surface area contributed by atoms with Crippen LogP contribution in [0.25, 0.3) is 0 Å². The van der Waals surface area contributed by atoms with Crippen molar-refractivity contribution in [3.63, 3.8) is 0 Å². The second-order valence-electron chi connectivity index (χ2n) is 10.1. The standard InChI is InChI=1S/C21H30O5/c1-11-7-21-5-4-15-19(2,17(21)13(23)6-12(11)8-21)9-14(24)16(18(25)26)20(15,3)10-22/h12-13,15-17,22-23H,1,4-10H2,2-3H3,(H,25,26)/t12-,13?,15-,16?,17-,19+,20?,21+/m1/s1. The molecule has 0 aromatic heterocycles. The van der Waals surface area contributed by atoms with Gasteiger partial charge in [0.15, 0.2) is 0 Å². The summed E-state index contributed by atoms with van der Waals surface area (Å²) >= 11 is 0. The fraction of sp³-hybridized carbons (Fsp3) is 0.810. The Morgan fingerprint density at radius 1 is 1.31 bits per heavy atom. The van der Waals surface area contributed by atoms with Crippen LogP contribution in [0.2, 0.25) is 0 Å². The number of aliphatic carboxylic acids is 1. The van der Waals surface area contributed by atoms with Gasteiger partial charge < -0.3 is 15.3 Å². The minimum atomic E-state index is -1.16. The topological polar surface area (TPSA) is 94.8 Å². The van der Waals surface area contributed by atoms with Crippen LogP contribution < -0.4 is 0 Å². The molecule has 0 aliphatic heterocycles. The molecule has 0 aromatic carbocycles. The lowest BCUT2D eigenvalue weighted by Crippen LogP contribution is -2.65. The molecular formula is C21H30O5. The predicted octanol–water partition coefficient (Wildman–Crippen LogP) is 2.41. The summed E-state index contributed by atoms with van der Waals surface area (Å²) in [6.07, 6.45) is 4.05. The first-order valence-electron chi connectivity index (χ1n) is 9.81. The Kier molecular flexibility index (Phi) is 3.79. The van der Waals surface area contributed by atoms with Crippen molar-refractivity contribution in [3.05, 3.63) is 12.2 Å². The molecule has 1 spiro atoms. The highest BCUT2D eigenvalue weighted by Gasteiger charge is 2.69. The van der Waals surface area contributed by atoms with Crippen molar-refractivity contribution in [1.82, 2.24) is 0 Å². The van der Waals surface area contributed by atoms with Crippen LogP contribution in [-0.4, -0.2) is 39.8 Å². The van der Waals surface area contributed by atoms with Gasteiger partial charge in [0.25, 0.3) is 0 Å². The van der Waals surface area contributed by atoms with Gasteiger partial charge in [0.05, 0.1) is 6.10 Å². The Bertz CT molecular complexity index is 686. The van der Waals surface area contributed by atoms with Crippen molar-refractivity contribution in [2.24, 2.45) is 39.9 Å². The van der Waals surface area contributed by atoms with Crippen molar-refractivity contribution in [2.45, 2.75) is 58.5 Å². The molecule has 0 aromatic rings. The van der Waals surface area contributed by atoms with Crippen molar-refractivity contribution >= 4 is 11.8 Å². The van der Waals surface area contributed by atoms with E-state index in [0.29, 0.717) is 12.3 Å². The highest BCUT2D eigenvalue weighted by atomic mass is 16.4. The molecule has 2 bridgehead atoms. The third-order valence-electron chi connectivity index (χ3n) is 8.74. The van der Waals surface area contributed by atoms with Gasteiger partial charge in [0.2, 0.25) is 0 Å². The number of rotatable bonds is 2. The Morgan fingerprint density at radius 2 is 2.00 bits per heavy atom. The van der Waals surface area contributed by atoms with E-state index < -0.39 is 28.8 Å². The zero-order valence-electron chi connectivity index (χ0n) is 15.7. The second kappa shape index (κ2) is 5.41. The lowest BCUT2D eigenvalue weighted by Gasteiger charge is -2.65. The third-order valence-corrected chi connectivity index (χ3v) is 8.74. The summed E-state index contributed by atoms with van der Waals surface area (Å²) in [7, 11) is 0. The van der Waals surface area contributed by atoms with Crippen molar-refractivity contribution in [1.29, 1.82) is 0 Å². The molecule has 0 heterocycles. The molecule has 144 valence electrons. The number of allylic oxidation sites excluding steroid dienone is 1. The minimum absolute atomic E-state index is 0.0165. The molecule has 8 atom stereocenters. The predicted molar refractivity (Wildman–Crippen MR) is 95.2 cm³/mol. The summed E-state index contributed by atoms with van der Waals surface area (Å²) in [6, 6.07) is 0. The van der Waals surface area contributed by atoms with Crippen LogP contribution in [0, 0.1) is 39.9 Å².